The number of aromatic nitrogens is 5. The van der Waals surface area contributed by atoms with E-state index >= 15 is 0 Å². The van der Waals surface area contributed by atoms with Crippen LogP contribution in [0.2, 0.25) is 0 Å². The van der Waals surface area contributed by atoms with Crippen molar-refractivity contribution in [1.29, 1.82) is 0 Å². The summed E-state index contributed by atoms with van der Waals surface area (Å²) >= 11 is 0. The largest absolute Gasteiger partial charge is 0.380 e. The van der Waals surface area contributed by atoms with E-state index in [-0.39, 0.29) is 12.1 Å². The van der Waals surface area contributed by atoms with Gasteiger partial charge in [-0.3, -0.25) is 10.00 Å². The number of likely N-dealkylation sites (tertiary alicyclic amines) is 1. The summed E-state index contributed by atoms with van der Waals surface area (Å²) in [7, 11) is 3.83. The van der Waals surface area contributed by atoms with Crippen molar-refractivity contribution in [2.24, 2.45) is 7.05 Å². The molecule has 1 N–H and O–H groups in total. The van der Waals surface area contributed by atoms with Gasteiger partial charge in [-0.15, -0.1) is 0 Å². The lowest BCUT2D eigenvalue weighted by molar-refractivity contribution is 0.107. The number of fused-ring (bicyclic) bond motifs is 1. The number of H-pyrrole nitrogens is 1. The zero-order valence-corrected chi connectivity index (χ0v) is 13.3. The van der Waals surface area contributed by atoms with Crippen LogP contribution in [0.25, 0.3) is 11.0 Å². The van der Waals surface area contributed by atoms with Gasteiger partial charge in [-0.1, -0.05) is 12.1 Å². The minimum absolute atomic E-state index is 0.183. The number of hydrogen-bond acceptors (Lipinski definition) is 5. The second-order valence-electron chi connectivity index (χ2n) is 5.99. The Morgan fingerprint density at radius 1 is 1.35 bits per heavy atom. The van der Waals surface area contributed by atoms with Gasteiger partial charge in [0.1, 0.15) is 18.0 Å². The van der Waals surface area contributed by atoms with Crippen LogP contribution in [-0.4, -0.2) is 49.4 Å². The highest BCUT2D eigenvalue weighted by Crippen LogP contribution is 2.32. The van der Waals surface area contributed by atoms with Crippen molar-refractivity contribution in [2.75, 3.05) is 13.7 Å². The van der Waals surface area contributed by atoms with Crippen LogP contribution in [-0.2, 0) is 18.3 Å². The highest BCUT2D eigenvalue weighted by molar-refractivity contribution is 5.75. The monoisotopic (exact) mass is 312 g/mol. The number of rotatable bonds is 4. The predicted molar refractivity (Wildman–Crippen MR) is 85.7 cm³/mol. The maximum absolute atomic E-state index is 5.57. The molecular weight excluding hydrogens is 292 g/mol. The van der Waals surface area contributed by atoms with E-state index in [9.17, 15) is 0 Å². The highest BCUT2D eigenvalue weighted by Gasteiger charge is 2.35. The van der Waals surface area contributed by atoms with E-state index < -0.39 is 0 Å². The minimum atomic E-state index is 0.183. The van der Waals surface area contributed by atoms with E-state index in [0.717, 1.165) is 42.2 Å². The number of aromatic amines is 1. The molecule has 0 radical (unpaired) electrons. The zero-order valence-electron chi connectivity index (χ0n) is 13.3. The third-order valence-corrected chi connectivity index (χ3v) is 4.67. The number of methoxy groups -OCH3 is 1. The number of hydrogen-bond donors (Lipinski definition) is 1. The van der Waals surface area contributed by atoms with Gasteiger partial charge in [-0.25, -0.2) is 9.97 Å². The number of nitrogens with one attached hydrogen (secondary N) is 1. The van der Waals surface area contributed by atoms with Crippen molar-refractivity contribution in [3.63, 3.8) is 0 Å². The van der Waals surface area contributed by atoms with Crippen molar-refractivity contribution in [2.45, 2.75) is 25.1 Å². The molecule has 0 aliphatic carbocycles. The van der Waals surface area contributed by atoms with E-state index in [1.165, 1.54) is 0 Å². The molecule has 3 heterocycles. The van der Waals surface area contributed by atoms with Crippen molar-refractivity contribution >= 4 is 11.0 Å². The van der Waals surface area contributed by atoms with Gasteiger partial charge in [0, 0.05) is 20.7 Å². The van der Waals surface area contributed by atoms with Gasteiger partial charge in [0.15, 0.2) is 0 Å². The predicted octanol–water partition coefficient (Wildman–Crippen LogP) is 1.65. The topological polar surface area (TPSA) is 71.9 Å². The van der Waals surface area contributed by atoms with Gasteiger partial charge in [-0.05, 0) is 18.6 Å². The average Bonchev–Trinajstić information content (AvgIpc) is 3.28. The van der Waals surface area contributed by atoms with Crippen LogP contribution in [0.3, 0.4) is 0 Å². The number of ether oxygens (including phenoxy) is 1. The van der Waals surface area contributed by atoms with E-state index in [4.69, 9.17) is 9.72 Å². The van der Waals surface area contributed by atoms with Crippen molar-refractivity contribution < 1.29 is 4.74 Å². The molecule has 0 bridgehead atoms. The zero-order chi connectivity index (χ0) is 15.8. The lowest BCUT2D eigenvalue weighted by atomic mass is 10.2. The Morgan fingerprint density at radius 3 is 2.96 bits per heavy atom. The summed E-state index contributed by atoms with van der Waals surface area (Å²) < 4.78 is 7.73. The Kier molecular flexibility index (Phi) is 3.59. The Labute approximate surface area is 134 Å². The SMILES string of the molecule is CO[C@@H]1C[C@@H](c2ncn[nH]2)N(Cc2nc3ccccc3n2C)C1. The van der Waals surface area contributed by atoms with Crippen LogP contribution in [0.15, 0.2) is 30.6 Å². The van der Waals surface area contributed by atoms with Gasteiger partial charge >= 0.3 is 0 Å². The number of aryl methyl sites for hydroxylation is 1. The lowest BCUT2D eigenvalue weighted by Gasteiger charge is -2.21. The minimum Gasteiger partial charge on any atom is -0.380 e. The molecule has 23 heavy (non-hydrogen) atoms. The number of imidazole rings is 1. The summed E-state index contributed by atoms with van der Waals surface area (Å²) in [4.78, 5) is 11.5. The van der Waals surface area contributed by atoms with Gasteiger partial charge in [0.2, 0.25) is 0 Å². The summed E-state index contributed by atoms with van der Waals surface area (Å²) in [6, 6.07) is 8.40. The molecule has 7 heteroatoms. The van der Waals surface area contributed by atoms with Crippen LogP contribution in [0.4, 0.5) is 0 Å². The Balaban J connectivity index is 1.64. The average molecular weight is 312 g/mol. The summed E-state index contributed by atoms with van der Waals surface area (Å²) in [6.07, 6.45) is 2.68. The smallest absolute Gasteiger partial charge is 0.141 e. The van der Waals surface area contributed by atoms with Crippen molar-refractivity contribution in [1.82, 2.24) is 29.6 Å². The third-order valence-electron chi connectivity index (χ3n) is 4.67. The van der Waals surface area contributed by atoms with E-state index in [0.29, 0.717) is 0 Å². The maximum atomic E-state index is 5.57. The summed E-state index contributed by atoms with van der Waals surface area (Å²) in [5.41, 5.74) is 2.19. The number of nitrogens with zero attached hydrogens (tertiary/aromatic N) is 5. The summed E-state index contributed by atoms with van der Waals surface area (Å²) in [5, 5.41) is 6.98. The van der Waals surface area contributed by atoms with Gasteiger partial charge in [0.05, 0.1) is 29.7 Å². The van der Waals surface area contributed by atoms with Crippen LogP contribution >= 0.6 is 0 Å². The molecule has 3 aromatic rings. The maximum Gasteiger partial charge on any atom is 0.141 e. The summed E-state index contributed by atoms with van der Waals surface area (Å²) in [5.74, 6) is 1.94. The van der Waals surface area contributed by atoms with Crippen molar-refractivity contribution in [3.8, 4) is 0 Å². The second-order valence-corrected chi connectivity index (χ2v) is 5.99. The van der Waals surface area contributed by atoms with Gasteiger partial charge in [-0.2, -0.15) is 5.10 Å². The first-order chi connectivity index (χ1) is 11.3. The molecule has 120 valence electrons. The molecule has 1 aromatic carbocycles. The number of benzene rings is 1. The second kappa shape index (κ2) is 5.75. The molecule has 1 saturated heterocycles. The van der Waals surface area contributed by atoms with Crippen molar-refractivity contribution in [3.05, 3.63) is 42.2 Å². The molecule has 1 aliphatic heterocycles. The van der Waals surface area contributed by atoms with Gasteiger partial charge < -0.3 is 9.30 Å². The van der Waals surface area contributed by atoms with E-state index in [2.05, 4.69) is 43.8 Å². The van der Waals surface area contributed by atoms with E-state index in [1.54, 1.807) is 13.4 Å². The fourth-order valence-corrected chi connectivity index (χ4v) is 3.39. The number of para-hydroxylation sites is 2. The molecule has 0 amide bonds. The normalized spacial score (nSPS) is 22.2. The molecule has 1 aliphatic rings. The first-order valence-corrected chi connectivity index (χ1v) is 7.78. The van der Waals surface area contributed by atoms with Gasteiger partial charge in [0.25, 0.3) is 0 Å². The Hall–Kier alpha value is -2.25. The van der Waals surface area contributed by atoms with E-state index in [1.807, 2.05) is 12.1 Å². The Bertz CT molecular complexity index is 796. The lowest BCUT2D eigenvalue weighted by Crippen LogP contribution is -2.26. The molecular formula is C16H20N6O. The quantitative estimate of drug-likeness (QED) is 0.793. The van der Waals surface area contributed by atoms with Crippen LogP contribution < -0.4 is 0 Å². The molecule has 4 rings (SSSR count). The van der Waals surface area contributed by atoms with Crippen LogP contribution in [0, 0.1) is 0 Å². The van der Waals surface area contributed by atoms with Crippen LogP contribution in [0.1, 0.15) is 24.1 Å². The standard InChI is InChI=1S/C16H20N6O/c1-21-13-6-4-3-5-12(13)19-15(21)9-22-8-11(23-2)7-14(22)16-17-10-18-20-16/h3-6,10-11,14H,7-9H2,1-2H3,(H,17,18,20)/t11-,14+/m1/s1. The highest BCUT2D eigenvalue weighted by atomic mass is 16.5. The molecule has 7 nitrogen and oxygen atoms in total. The fourth-order valence-electron chi connectivity index (χ4n) is 3.39. The molecule has 0 spiro atoms. The Morgan fingerprint density at radius 2 is 2.22 bits per heavy atom. The molecule has 2 aromatic heterocycles. The molecule has 0 unspecified atom stereocenters. The van der Waals surface area contributed by atoms with Crippen LogP contribution in [0.5, 0.6) is 0 Å². The molecule has 1 fully saturated rings. The fraction of sp³-hybridized carbons (Fsp3) is 0.438. The first-order valence-electron chi connectivity index (χ1n) is 7.78. The molecule has 2 atom stereocenters. The molecule has 0 saturated carbocycles. The third kappa shape index (κ3) is 2.51. The summed E-state index contributed by atoms with van der Waals surface area (Å²) in [6.45, 7) is 1.63. The first kappa shape index (κ1) is 14.3.